The summed E-state index contributed by atoms with van der Waals surface area (Å²) in [6.07, 6.45) is 2.41. The highest BCUT2D eigenvalue weighted by Gasteiger charge is 2.31. The van der Waals surface area contributed by atoms with Gasteiger partial charge in [0.1, 0.15) is 0 Å². The largest absolute Gasteiger partial charge is 0.476 e. The second-order valence-electron chi connectivity index (χ2n) is 4.60. The van der Waals surface area contributed by atoms with Crippen molar-refractivity contribution in [2.24, 2.45) is 5.92 Å². The summed E-state index contributed by atoms with van der Waals surface area (Å²) in [7, 11) is 0. The van der Waals surface area contributed by atoms with Crippen molar-refractivity contribution in [3.05, 3.63) is 11.1 Å². The van der Waals surface area contributed by atoms with Gasteiger partial charge in [0.25, 0.3) is 0 Å². The predicted octanol–water partition coefficient (Wildman–Crippen LogP) is 2.47. The van der Waals surface area contributed by atoms with Crippen molar-refractivity contribution in [2.45, 2.75) is 32.7 Å². The summed E-state index contributed by atoms with van der Waals surface area (Å²) in [5.41, 5.74) is 0.161. The number of carboxylic acids is 1. The Morgan fingerprint density at radius 2 is 2.38 bits per heavy atom. The van der Waals surface area contributed by atoms with Gasteiger partial charge in [-0.2, -0.15) is 0 Å². The quantitative estimate of drug-likeness (QED) is 0.859. The predicted molar refractivity (Wildman–Crippen MR) is 64.3 cm³/mol. The van der Waals surface area contributed by atoms with Gasteiger partial charge in [-0.3, -0.25) is 0 Å². The molecule has 0 aliphatic heterocycles. The van der Waals surface area contributed by atoms with Gasteiger partial charge in [0.05, 0.1) is 0 Å². The molecule has 88 valence electrons. The molecule has 16 heavy (non-hydrogen) atoms. The topological polar surface area (TPSA) is 53.4 Å². The molecule has 1 saturated carbocycles. The Morgan fingerprint density at radius 1 is 1.69 bits per heavy atom. The molecule has 1 aromatic heterocycles. The first kappa shape index (κ1) is 11.4. The molecule has 2 rings (SSSR count). The zero-order chi connectivity index (χ0) is 11.7. The molecule has 1 aromatic rings. The van der Waals surface area contributed by atoms with E-state index in [0.717, 1.165) is 11.7 Å². The Kier molecular flexibility index (Phi) is 3.14. The van der Waals surface area contributed by atoms with Crippen LogP contribution >= 0.6 is 11.3 Å². The van der Waals surface area contributed by atoms with E-state index < -0.39 is 5.97 Å². The van der Waals surface area contributed by atoms with E-state index in [0.29, 0.717) is 12.0 Å². The first-order chi connectivity index (χ1) is 7.58. The van der Waals surface area contributed by atoms with E-state index in [9.17, 15) is 4.79 Å². The SMILES string of the molecule is CC(C)CN(c1nc(C(=O)O)cs1)C1CC1. The molecule has 0 unspecified atom stereocenters. The van der Waals surface area contributed by atoms with E-state index in [-0.39, 0.29) is 5.69 Å². The summed E-state index contributed by atoms with van der Waals surface area (Å²) in [4.78, 5) is 17.2. The smallest absolute Gasteiger partial charge is 0.355 e. The van der Waals surface area contributed by atoms with Gasteiger partial charge in [-0.05, 0) is 18.8 Å². The van der Waals surface area contributed by atoms with Crippen LogP contribution in [-0.4, -0.2) is 28.6 Å². The minimum absolute atomic E-state index is 0.161. The molecule has 1 heterocycles. The van der Waals surface area contributed by atoms with Gasteiger partial charge in [0.15, 0.2) is 10.8 Å². The van der Waals surface area contributed by atoms with E-state index in [4.69, 9.17) is 5.11 Å². The molecule has 0 saturated heterocycles. The van der Waals surface area contributed by atoms with Gasteiger partial charge >= 0.3 is 5.97 Å². The van der Waals surface area contributed by atoms with E-state index in [1.165, 1.54) is 24.2 Å². The molecule has 1 aliphatic carbocycles. The number of thiazole rings is 1. The number of carbonyl (C=O) groups is 1. The summed E-state index contributed by atoms with van der Waals surface area (Å²) in [5.74, 6) is -0.374. The third-order valence-electron chi connectivity index (χ3n) is 2.51. The fourth-order valence-electron chi connectivity index (χ4n) is 1.66. The fraction of sp³-hybridized carbons (Fsp3) is 0.636. The molecule has 1 aliphatic rings. The van der Waals surface area contributed by atoms with Gasteiger partial charge < -0.3 is 10.0 Å². The van der Waals surface area contributed by atoms with Gasteiger partial charge in [0, 0.05) is 18.0 Å². The van der Waals surface area contributed by atoms with E-state index in [2.05, 4.69) is 23.7 Å². The average molecular weight is 240 g/mol. The summed E-state index contributed by atoms with van der Waals surface area (Å²) >= 11 is 1.43. The van der Waals surface area contributed by atoms with Crippen LogP contribution in [0.3, 0.4) is 0 Å². The molecular formula is C11H16N2O2S. The number of aromatic nitrogens is 1. The molecule has 0 atom stereocenters. The van der Waals surface area contributed by atoms with Crippen LogP contribution in [0.15, 0.2) is 5.38 Å². The number of hydrogen-bond acceptors (Lipinski definition) is 4. The summed E-state index contributed by atoms with van der Waals surface area (Å²) in [6.45, 7) is 5.29. The molecule has 0 bridgehead atoms. The molecule has 0 radical (unpaired) electrons. The molecule has 1 N–H and O–H groups in total. The van der Waals surface area contributed by atoms with Crippen LogP contribution in [0.25, 0.3) is 0 Å². The lowest BCUT2D eigenvalue weighted by molar-refractivity contribution is 0.0691. The van der Waals surface area contributed by atoms with Crippen molar-refractivity contribution >= 4 is 22.4 Å². The second-order valence-corrected chi connectivity index (χ2v) is 5.43. The van der Waals surface area contributed by atoms with Crippen molar-refractivity contribution in [3.63, 3.8) is 0 Å². The lowest BCUT2D eigenvalue weighted by Crippen LogP contribution is -2.29. The van der Waals surface area contributed by atoms with Gasteiger partial charge in [0.2, 0.25) is 0 Å². The number of rotatable bonds is 5. The number of carboxylic acid groups (broad SMARTS) is 1. The summed E-state index contributed by atoms with van der Waals surface area (Å²) in [6, 6.07) is 0.579. The first-order valence-electron chi connectivity index (χ1n) is 5.53. The van der Waals surface area contributed by atoms with Crippen LogP contribution in [-0.2, 0) is 0 Å². The van der Waals surface area contributed by atoms with Crippen molar-refractivity contribution in [1.29, 1.82) is 0 Å². The van der Waals surface area contributed by atoms with Crippen LogP contribution in [0.5, 0.6) is 0 Å². The average Bonchev–Trinajstić information content (AvgIpc) is 2.91. The minimum atomic E-state index is -0.942. The van der Waals surface area contributed by atoms with Crippen LogP contribution < -0.4 is 4.90 Å². The molecule has 5 heteroatoms. The molecule has 0 aromatic carbocycles. The molecule has 0 spiro atoms. The molecular weight excluding hydrogens is 224 g/mol. The highest BCUT2D eigenvalue weighted by atomic mass is 32.1. The van der Waals surface area contributed by atoms with E-state index >= 15 is 0 Å². The van der Waals surface area contributed by atoms with E-state index in [1.807, 2.05) is 0 Å². The second kappa shape index (κ2) is 4.41. The number of hydrogen-bond donors (Lipinski definition) is 1. The zero-order valence-electron chi connectivity index (χ0n) is 9.51. The third kappa shape index (κ3) is 2.52. The van der Waals surface area contributed by atoms with Gasteiger partial charge in [-0.25, -0.2) is 9.78 Å². The standard InChI is InChI=1S/C11H16N2O2S/c1-7(2)5-13(8-3-4-8)11-12-9(6-16-11)10(14)15/h6-8H,3-5H2,1-2H3,(H,14,15). The van der Waals surface area contributed by atoms with Crippen LogP contribution in [0.1, 0.15) is 37.2 Å². The maximum atomic E-state index is 10.8. The molecule has 0 amide bonds. The highest BCUT2D eigenvalue weighted by Crippen LogP contribution is 2.34. The van der Waals surface area contributed by atoms with Gasteiger partial charge in [-0.1, -0.05) is 13.8 Å². The number of nitrogens with zero attached hydrogens (tertiary/aromatic N) is 2. The lowest BCUT2D eigenvalue weighted by Gasteiger charge is -2.23. The van der Waals surface area contributed by atoms with Crippen molar-refractivity contribution in [3.8, 4) is 0 Å². The third-order valence-corrected chi connectivity index (χ3v) is 3.38. The van der Waals surface area contributed by atoms with Crippen molar-refractivity contribution < 1.29 is 9.90 Å². The maximum Gasteiger partial charge on any atom is 0.355 e. The normalized spacial score (nSPS) is 15.4. The lowest BCUT2D eigenvalue weighted by atomic mass is 10.2. The Labute approximate surface area is 98.9 Å². The van der Waals surface area contributed by atoms with Crippen LogP contribution in [0.4, 0.5) is 5.13 Å². The molecule has 4 nitrogen and oxygen atoms in total. The van der Waals surface area contributed by atoms with E-state index in [1.54, 1.807) is 5.38 Å². The highest BCUT2D eigenvalue weighted by molar-refractivity contribution is 7.13. The van der Waals surface area contributed by atoms with Gasteiger partial charge in [-0.15, -0.1) is 11.3 Å². The van der Waals surface area contributed by atoms with Crippen LogP contribution in [0.2, 0.25) is 0 Å². The monoisotopic (exact) mass is 240 g/mol. The van der Waals surface area contributed by atoms with Crippen molar-refractivity contribution in [2.75, 3.05) is 11.4 Å². The Morgan fingerprint density at radius 3 is 2.81 bits per heavy atom. The molecule has 1 fully saturated rings. The number of anilines is 1. The maximum absolute atomic E-state index is 10.8. The minimum Gasteiger partial charge on any atom is -0.476 e. The van der Waals surface area contributed by atoms with Crippen molar-refractivity contribution in [1.82, 2.24) is 4.98 Å². The summed E-state index contributed by atoms with van der Waals surface area (Å²) in [5, 5.41) is 11.3. The first-order valence-corrected chi connectivity index (χ1v) is 6.41. The Balaban J connectivity index is 2.14. The zero-order valence-corrected chi connectivity index (χ0v) is 10.3. The fourth-order valence-corrected chi connectivity index (χ4v) is 2.54. The number of aromatic carboxylic acids is 1. The summed E-state index contributed by atoms with van der Waals surface area (Å²) < 4.78 is 0. The van der Waals surface area contributed by atoms with Crippen LogP contribution in [0, 0.1) is 5.92 Å². The Bertz CT molecular complexity index is 385. The Hall–Kier alpha value is -1.10.